The molecule has 1 N–H and O–H groups in total. The summed E-state index contributed by atoms with van der Waals surface area (Å²) in [5.74, 6) is 0.370. The zero-order chi connectivity index (χ0) is 19.9. The summed E-state index contributed by atoms with van der Waals surface area (Å²) in [5, 5.41) is 2.84. The molecule has 0 unspecified atom stereocenters. The molecule has 1 heterocycles. The number of carbonyl (C=O) groups excluding carboxylic acids is 2. The van der Waals surface area contributed by atoms with Crippen molar-refractivity contribution in [1.29, 1.82) is 0 Å². The van der Waals surface area contributed by atoms with Gasteiger partial charge in [-0.2, -0.15) is 0 Å². The van der Waals surface area contributed by atoms with E-state index in [-0.39, 0.29) is 12.6 Å². The summed E-state index contributed by atoms with van der Waals surface area (Å²) in [4.78, 5) is 28.7. The van der Waals surface area contributed by atoms with E-state index in [1.165, 1.54) is 0 Å². The number of carbonyl (C=O) groups is 2. The highest BCUT2D eigenvalue weighted by molar-refractivity contribution is 6.00. The number of hydrogen-bond donors (Lipinski definition) is 1. The fourth-order valence-electron chi connectivity index (χ4n) is 3.15. The summed E-state index contributed by atoms with van der Waals surface area (Å²) in [5.41, 5.74) is 1.89. The van der Waals surface area contributed by atoms with Gasteiger partial charge in [-0.05, 0) is 31.2 Å². The molecule has 3 rings (SSSR count). The number of hydrogen-bond acceptors (Lipinski definition) is 5. The number of ether oxygens (including phenoxy) is 2. The van der Waals surface area contributed by atoms with Crippen molar-refractivity contribution in [2.45, 2.75) is 6.92 Å². The smallest absolute Gasteiger partial charge is 0.340 e. The Kier molecular flexibility index (Phi) is 6.37. The third-order valence-electron chi connectivity index (χ3n) is 4.65. The molecule has 1 aliphatic rings. The van der Waals surface area contributed by atoms with Crippen LogP contribution in [0.5, 0.6) is 5.75 Å². The highest BCUT2D eigenvalue weighted by Crippen LogP contribution is 2.23. The summed E-state index contributed by atoms with van der Waals surface area (Å²) < 4.78 is 10.3. The first-order chi connectivity index (χ1) is 13.6. The van der Waals surface area contributed by atoms with Crippen molar-refractivity contribution < 1.29 is 19.1 Å². The molecule has 28 heavy (non-hydrogen) atoms. The van der Waals surface area contributed by atoms with Crippen molar-refractivity contribution in [3.63, 3.8) is 0 Å². The van der Waals surface area contributed by atoms with Gasteiger partial charge >= 0.3 is 12.0 Å². The third-order valence-corrected chi connectivity index (χ3v) is 4.65. The minimum absolute atomic E-state index is 0.220. The SMILES string of the molecule is CCOC(=O)c1ccccc1NC(=O)N1CCN(c2cccc(OC)c2)CC1. The molecule has 0 aliphatic carbocycles. The zero-order valence-corrected chi connectivity index (χ0v) is 16.2. The third kappa shape index (κ3) is 4.54. The van der Waals surface area contributed by atoms with Gasteiger partial charge in [-0.1, -0.05) is 18.2 Å². The number of urea groups is 1. The molecule has 2 aromatic carbocycles. The molecule has 1 saturated heterocycles. The average Bonchev–Trinajstić information content (AvgIpc) is 2.74. The van der Waals surface area contributed by atoms with Gasteiger partial charge in [0.15, 0.2) is 0 Å². The van der Waals surface area contributed by atoms with E-state index in [0.29, 0.717) is 24.3 Å². The molecule has 0 radical (unpaired) electrons. The highest BCUT2D eigenvalue weighted by Gasteiger charge is 2.23. The highest BCUT2D eigenvalue weighted by atomic mass is 16.5. The number of nitrogens with one attached hydrogen (secondary N) is 1. The molecule has 7 heteroatoms. The van der Waals surface area contributed by atoms with E-state index in [4.69, 9.17) is 9.47 Å². The van der Waals surface area contributed by atoms with Crippen molar-refractivity contribution >= 4 is 23.4 Å². The molecule has 1 fully saturated rings. The largest absolute Gasteiger partial charge is 0.497 e. The van der Waals surface area contributed by atoms with Crippen LogP contribution in [0.1, 0.15) is 17.3 Å². The number of amides is 2. The first-order valence-electron chi connectivity index (χ1n) is 9.33. The Morgan fingerprint density at radius 2 is 1.79 bits per heavy atom. The number of benzene rings is 2. The Hall–Kier alpha value is -3.22. The molecule has 0 spiro atoms. The quantitative estimate of drug-likeness (QED) is 0.803. The minimum atomic E-state index is -0.443. The number of methoxy groups -OCH3 is 1. The lowest BCUT2D eigenvalue weighted by molar-refractivity contribution is 0.0527. The molecule has 0 saturated carbocycles. The second-order valence-corrected chi connectivity index (χ2v) is 6.37. The number of anilines is 2. The summed E-state index contributed by atoms with van der Waals surface area (Å²) in [6, 6.07) is 14.5. The van der Waals surface area contributed by atoms with Crippen LogP contribution in [0, 0.1) is 0 Å². The molecular formula is C21H25N3O4. The molecule has 148 valence electrons. The van der Waals surface area contributed by atoms with Gasteiger partial charge in [0, 0.05) is 37.9 Å². The van der Waals surface area contributed by atoms with E-state index in [0.717, 1.165) is 24.5 Å². The molecule has 0 aromatic heterocycles. The number of esters is 1. The monoisotopic (exact) mass is 383 g/mol. The predicted octanol–water partition coefficient (Wildman–Crippen LogP) is 3.23. The van der Waals surface area contributed by atoms with Crippen molar-refractivity contribution in [2.75, 3.05) is 50.1 Å². The number of para-hydroxylation sites is 1. The molecule has 1 aliphatic heterocycles. The summed E-state index contributed by atoms with van der Waals surface area (Å²) in [6.45, 7) is 4.66. The Morgan fingerprint density at radius 1 is 1.04 bits per heavy atom. The van der Waals surface area contributed by atoms with Crippen LogP contribution in [-0.2, 0) is 4.74 Å². The molecule has 0 bridgehead atoms. The van der Waals surface area contributed by atoms with Crippen molar-refractivity contribution in [3.05, 3.63) is 54.1 Å². The van der Waals surface area contributed by atoms with Gasteiger partial charge in [0.25, 0.3) is 0 Å². The first kappa shape index (κ1) is 19.5. The topological polar surface area (TPSA) is 71.1 Å². The Balaban J connectivity index is 1.61. The van der Waals surface area contributed by atoms with Crippen LogP contribution in [0.3, 0.4) is 0 Å². The van der Waals surface area contributed by atoms with Crippen LogP contribution in [-0.4, -0.2) is 56.8 Å². The lowest BCUT2D eigenvalue weighted by Gasteiger charge is -2.36. The van der Waals surface area contributed by atoms with Crippen LogP contribution in [0.25, 0.3) is 0 Å². The van der Waals surface area contributed by atoms with Gasteiger partial charge in [-0.25, -0.2) is 9.59 Å². The Labute approximate surface area is 164 Å². The lowest BCUT2D eigenvalue weighted by Crippen LogP contribution is -2.50. The number of nitrogens with zero attached hydrogens (tertiary/aromatic N) is 2. The van der Waals surface area contributed by atoms with Gasteiger partial charge in [0.2, 0.25) is 0 Å². The van der Waals surface area contributed by atoms with Crippen LogP contribution in [0.2, 0.25) is 0 Å². The van der Waals surface area contributed by atoms with Gasteiger partial charge < -0.3 is 24.6 Å². The van der Waals surface area contributed by atoms with E-state index in [1.54, 1.807) is 43.2 Å². The number of rotatable bonds is 5. The lowest BCUT2D eigenvalue weighted by atomic mass is 10.2. The second-order valence-electron chi connectivity index (χ2n) is 6.37. The second kappa shape index (κ2) is 9.12. The standard InChI is InChI=1S/C21H25N3O4/c1-3-28-20(25)18-9-4-5-10-19(18)22-21(26)24-13-11-23(12-14-24)16-7-6-8-17(15-16)27-2/h4-10,15H,3,11-14H2,1-2H3,(H,22,26). The van der Waals surface area contributed by atoms with Crippen LogP contribution >= 0.6 is 0 Å². The molecule has 2 amide bonds. The van der Waals surface area contributed by atoms with Crippen LogP contribution in [0.4, 0.5) is 16.2 Å². The summed E-state index contributed by atoms with van der Waals surface area (Å²) >= 11 is 0. The van der Waals surface area contributed by atoms with E-state index in [9.17, 15) is 9.59 Å². The van der Waals surface area contributed by atoms with Crippen LogP contribution in [0.15, 0.2) is 48.5 Å². The fourth-order valence-corrected chi connectivity index (χ4v) is 3.15. The molecule has 0 atom stereocenters. The maximum Gasteiger partial charge on any atom is 0.340 e. The summed E-state index contributed by atoms with van der Waals surface area (Å²) in [6.07, 6.45) is 0. The summed E-state index contributed by atoms with van der Waals surface area (Å²) in [7, 11) is 1.65. The number of piperazine rings is 1. The van der Waals surface area contributed by atoms with E-state index in [1.807, 2.05) is 24.3 Å². The normalized spacial score (nSPS) is 13.8. The maximum absolute atomic E-state index is 12.7. The van der Waals surface area contributed by atoms with E-state index >= 15 is 0 Å². The predicted molar refractivity (Wildman–Crippen MR) is 108 cm³/mol. The minimum Gasteiger partial charge on any atom is -0.497 e. The Morgan fingerprint density at radius 3 is 2.50 bits per heavy atom. The molecule has 2 aromatic rings. The van der Waals surface area contributed by atoms with Gasteiger partial charge in [-0.15, -0.1) is 0 Å². The van der Waals surface area contributed by atoms with Gasteiger partial charge in [0.05, 0.1) is 25.0 Å². The fraction of sp³-hybridized carbons (Fsp3) is 0.333. The average molecular weight is 383 g/mol. The molecular weight excluding hydrogens is 358 g/mol. The van der Waals surface area contributed by atoms with Gasteiger partial charge in [0.1, 0.15) is 5.75 Å². The van der Waals surface area contributed by atoms with Crippen molar-refractivity contribution in [1.82, 2.24) is 4.90 Å². The zero-order valence-electron chi connectivity index (χ0n) is 16.2. The van der Waals surface area contributed by atoms with Crippen molar-refractivity contribution in [2.24, 2.45) is 0 Å². The Bertz CT molecular complexity index is 832. The van der Waals surface area contributed by atoms with E-state index < -0.39 is 5.97 Å². The maximum atomic E-state index is 12.7. The first-order valence-corrected chi connectivity index (χ1v) is 9.33. The van der Waals surface area contributed by atoms with Gasteiger partial charge in [-0.3, -0.25) is 0 Å². The molecule has 7 nitrogen and oxygen atoms in total. The van der Waals surface area contributed by atoms with E-state index in [2.05, 4.69) is 10.2 Å². The van der Waals surface area contributed by atoms with Crippen LogP contribution < -0.4 is 15.0 Å². The van der Waals surface area contributed by atoms with Crippen molar-refractivity contribution in [3.8, 4) is 5.75 Å².